The molecule has 7 heteroatoms. The number of amides is 1. The molecule has 0 unspecified atom stereocenters. The zero-order chi connectivity index (χ0) is 16.0. The molecule has 2 N–H and O–H groups in total. The second-order valence-corrected chi connectivity index (χ2v) is 4.27. The number of aryl methyl sites for hydroxylation is 1. The Morgan fingerprint density at radius 3 is 2.38 bits per heavy atom. The van der Waals surface area contributed by atoms with Crippen molar-refractivity contribution >= 4 is 17.8 Å². The van der Waals surface area contributed by atoms with E-state index < -0.39 is 30.5 Å². The van der Waals surface area contributed by atoms with Gasteiger partial charge < -0.3 is 15.1 Å². The maximum atomic E-state index is 12.1. The highest BCUT2D eigenvalue weighted by Crippen LogP contribution is 2.13. The maximum absolute atomic E-state index is 12.1. The van der Waals surface area contributed by atoms with Crippen LogP contribution in [0, 0.1) is 0 Å². The molecule has 1 aromatic carbocycles. The summed E-state index contributed by atoms with van der Waals surface area (Å²) in [6, 6.07) is 5.00. The molecule has 114 valence electrons. The molecule has 0 aliphatic heterocycles. The van der Waals surface area contributed by atoms with Crippen LogP contribution in [0.1, 0.15) is 29.8 Å². The van der Waals surface area contributed by atoms with Crippen LogP contribution < -0.4 is 0 Å². The first-order valence-corrected chi connectivity index (χ1v) is 6.36. The molecule has 1 aromatic rings. The smallest absolute Gasteiger partial charge is 0.363 e. The van der Waals surface area contributed by atoms with Crippen LogP contribution in [-0.4, -0.2) is 45.8 Å². The quantitative estimate of drug-likeness (QED) is 0.771. The third kappa shape index (κ3) is 4.03. The fraction of sp³-hybridized carbons (Fsp3) is 0.357. The Bertz CT molecular complexity index is 542. The molecule has 1 rings (SSSR count). The van der Waals surface area contributed by atoms with E-state index >= 15 is 0 Å². The Kier molecular flexibility index (Phi) is 5.86. The number of rotatable bonds is 5. The molecule has 1 amide bonds. The number of carbonyl (C=O) groups excluding carboxylic acids is 2. The lowest BCUT2D eigenvalue weighted by molar-refractivity contribution is -0.188. The van der Waals surface area contributed by atoms with Crippen molar-refractivity contribution in [2.24, 2.45) is 0 Å². The van der Waals surface area contributed by atoms with E-state index in [1.54, 1.807) is 18.2 Å². The topological polar surface area (TPSA) is 104 Å². The Morgan fingerprint density at radius 1 is 1.29 bits per heavy atom. The zero-order valence-corrected chi connectivity index (χ0v) is 11.8. The second kappa shape index (κ2) is 7.39. The van der Waals surface area contributed by atoms with Gasteiger partial charge in [-0.3, -0.25) is 4.79 Å². The summed E-state index contributed by atoms with van der Waals surface area (Å²) in [7, 11) is 0. The van der Waals surface area contributed by atoms with Crippen molar-refractivity contribution < 1.29 is 29.4 Å². The van der Waals surface area contributed by atoms with Crippen LogP contribution in [0.5, 0.6) is 0 Å². The van der Waals surface area contributed by atoms with Crippen molar-refractivity contribution in [3.05, 3.63) is 35.4 Å². The predicted octanol–water partition coefficient (Wildman–Crippen LogP) is 0.615. The lowest BCUT2D eigenvalue weighted by Gasteiger charge is -2.24. The highest BCUT2D eigenvalue weighted by molar-refractivity contribution is 5.92. The lowest BCUT2D eigenvalue weighted by Crippen LogP contribution is -2.47. The molecule has 0 saturated carbocycles. The molecule has 1 atom stereocenters. The van der Waals surface area contributed by atoms with Gasteiger partial charge in [0.15, 0.2) is 6.04 Å². The van der Waals surface area contributed by atoms with E-state index in [0.717, 1.165) is 6.92 Å². The summed E-state index contributed by atoms with van der Waals surface area (Å²) in [6.07, 6.45) is 0.577. The third-order valence-electron chi connectivity index (χ3n) is 2.85. The van der Waals surface area contributed by atoms with Gasteiger partial charge in [-0.2, -0.15) is 5.06 Å². The van der Waals surface area contributed by atoms with Gasteiger partial charge in [0.1, 0.15) is 0 Å². The highest BCUT2D eigenvalue weighted by Gasteiger charge is 2.31. The van der Waals surface area contributed by atoms with Crippen LogP contribution in [0.15, 0.2) is 24.3 Å². The van der Waals surface area contributed by atoms with Crippen molar-refractivity contribution in [1.82, 2.24) is 5.06 Å². The molecule has 0 bridgehead atoms. The summed E-state index contributed by atoms with van der Waals surface area (Å²) >= 11 is 0. The van der Waals surface area contributed by atoms with E-state index in [4.69, 9.17) is 15.1 Å². The number of carboxylic acid groups (broad SMARTS) is 1. The molecule has 0 aliphatic carbocycles. The van der Waals surface area contributed by atoms with Gasteiger partial charge in [-0.1, -0.05) is 25.1 Å². The molecule has 0 aromatic heterocycles. The zero-order valence-electron chi connectivity index (χ0n) is 11.8. The predicted molar refractivity (Wildman–Crippen MR) is 72.3 cm³/mol. The number of hydrogen-bond donors (Lipinski definition) is 2. The number of carbonyl (C=O) groups is 3. The first kappa shape index (κ1) is 16.6. The average Bonchev–Trinajstić information content (AvgIpc) is 2.46. The van der Waals surface area contributed by atoms with E-state index in [9.17, 15) is 14.4 Å². The van der Waals surface area contributed by atoms with Crippen LogP contribution in [0.4, 0.5) is 0 Å². The summed E-state index contributed by atoms with van der Waals surface area (Å²) < 4.78 is 0. The Labute approximate surface area is 121 Å². The number of aliphatic hydroxyl groups excluding tert-OH is 1. The van der Waals surface area contributed by atoms with Crippen molar-refractivity contribution in [2.75, 3.05) is 6.61 Å². The fourth-order valence-corrected chi connectivity index (χ4v) is 1.77. The van der Waals surface area contributed by atoms with E-state index in [0.29, 0.717) is 17.0 Å². The molecular formula is C14H17NO6. The van der Waals surface area contributed by atoms with Crippen molar-refractivity contribution in [3.8, 4) is 0 Å². The molecule has 0 spiro atoms. The average molecular weight is 295 g/mol. The van der Waals surface area contributed by atoms with Crippen molar-refractivity contribution in [1.29, 1.82) is 0 Å². The SMILES string of the molecule is CCc1ccccc1C(=O)ON(C(C)=O)[C@@H](CO)C(=O)O. The van der Waals surface area contributed by atoms with Crippen LogP contribution in [0.3, 0.4) is 0 Å². The number of hydroxylamine groups is 2. The largest absolute Gasteiger partial charge is 0.480 e. The minimum absolute atomic E-state index is 0.244. The van der Waals surface area contributed by atoms with E-state index in [1.165, 1.54) is 6.07 Å². The molecule has 0 saturated heterocycles. The van der Waals surface area contributed by atoms with Crippen LogP contribution in [0.2, 0.25) is 0 Å². The Hall–Kier alpha value is -2.41. The lowest BCUT2D eigenvalue weighted by atomic mass is 10.1. The first-order chi connectivity index (χ1) is 9.92. The number of hydrogen-bond acceptors (Lipinski definition) is 5. The fourth-order valence-electron chi connectivity index (χ4n) is 1.77. The number of benzene rings is 1. The van der Waals surface area contributed by atoms with Gasteiger partial charge in [-0.25, -0.2) is 9.59 Å². The van der Waals surface area contributed by atoms with Gasteiger partial charge in [0.2, 0.25) is 0 Å². The van der Waals surface area contributed by atoms with Gasteiger partial charge in [0.05, 0.1) is 12.2 Å². The monoisotopic (exact) mass is 295 g/mol. The number of aliphatic carboxylic acids is 1. The van der Waals surface area contributed by atoms with Crippen molar-refractivity contribution in [2.45, 2.75) is 26.3 Å². The number of aliphatic hydroxyl groups is 1. The summed E-state index contributed by atoms with van der Waals surface area (Å²) in [5.41, 5.74) is 0.954. The molecular weight excluding hydrogens is 278 g/mol. The van der Waals surface area contributed by atoms with Gasteiger partial charge in [-0.05, 0) is 18.1 Å². The van der Waals surface area contributed by atoms with Crippen LogP contribution >= 0.6 is 0 Å². The first-order valence-electron chi connectivity index (χ1n) is 6.36. The molecule has 21 heavy (non-hydrogen) atoms. The molecule has 7 nitrogen and oxygen atoms in total. The van der Waals surface area contributed by atoms with Gasteiger partial charge >= 0.3 is 11.9 Å². The third-order valence-corrected chi connectivity index (χ3v) is 2.85. The number of carboxylic acids is 1. The molecule has 0 aliphatic rings. The molecule has 0 radical (unpaired) electrons. The van der Waals surface area contributed by atoms with Gasteiger partial charge in [0.25, 0.3) is 5.91 Å². The van der Waals surface area contributed by atoms with Crippen LogP contribution in [-0.2, 0) is 20.8 Å². The number of nitrogens with zero attached hydrogens (tertiary/aromatic N) is 1. The summed E-state index contributed by atoms with van der Waals surface area (Å²) in [4.78, 5) is 39.4. The minimum atomic E-state index is -1.64. The standard InChI is InChI=1S/C14H17NO6/c1-3-10-6-4-5-7-11(10)14(20)21-15(9(2)17)12(8-16)13(18)19/h4-7,12,16H,3,8H2,1-2H3,(H,18,19)/t12-/m0/s1. The normalized spacial score (nSPS) is 11.6. The van der Waals surface area contributed by atoms with E-state index in [-0.39, 0.29) is 5.56 Å². The Balaban J connectivity index is 3.01. The van der Waals surface area contributed by atoms with E-state index in [2.05, 4.69) is 0 Å². The summed E-state index contributed by atoms with van der Waals surface area (Å²) in [5.74, 6) is -3.11. The highest BCUT2D eigenvalue weighted by atomic mass is 16.7. The second-order valence-electron chi connectivity index (χ2n) is 4.27. The van der Waals surface area contributed by atoms with E-state index in [1.807, 2.05) is 6.92 Å². The minimum Gasteiger partial charge on any atom is -0.480 e. The van der Waals surface area contributed by atoms with Crippen LogP contribution in [0.25, 0.3) is 0 Å². The Morgan fingerprint density at radius 2 is 1.90 bits per heavy atom. The van der Waals surface area contributed by atoms with Crippen molar-refractivity contribution in [3.63, 3.8) is 0 Å². The van der Waals surface area contributed by atoms with Gasteiger partial charge in [0, 0.05) is 6.92 Å². The molecule has 0 fully saturated rings. The summed E-state index contributed by atoms with van der Waals surface area (Å²) in [6.45, 7) is 2.03. The summed E-state index contributed by atoms with van der Waals surface area (Å²) in [5, 5.41) is 18.3. The molecule has 0 heterocycles. The maximum Gasteiger partial charge on any atom is 0.363 e. The van der Waals surface area contributed by atoms with Gasteiger partial charge in [-0.15, -0.1) is 0 Å².